The van der Waals surface area contributed by atoms with Crippen LogP contribution in [0.15, 0.2) is 18.2 Å². The molecule has 4 aliphatic rings. The monoisotopic (exact) mass is 427 g/mol. The van der Waals surface area contributed by atoms with Gasteiger partial charge < -0.3 is 24.2 Å². The molecule has 2 atom stereocenters. The third-order valence-electron chi connectivity index (χ3n) is 7.96. The second-order valence-corrected chi connectivity index (χ2v) is 10.4. The number of carbonyl (C=O) groups excluding carboxylic acids is 1. The zero-order chi connectivity index (χ0) is 21.4. The second-order valence-electron chi connectivity index (χ2n) is 10.4. The van der Waals surface area contributed by atoms with Crippen molar-refractivity contribution >= 4 is 5.91 Å². The van der Waals surface area contributed by atoms with Crippen LogP contribution in [-0.4, -0.2) is 80.3 Å². The predicted octanol–water partition coefficient (Wildman–Crippen LogP) is 2.86. The van der Waals surface area contributed by atoms with Crippen LogP contribution in [0.5, 0.6) is 11.5 Å². The van der Waals surface area contributed by atoms with E-state index in [9.17, 15) is 4.79 Å². The number of likely N-dealkylation sites (N-methyl/N-ethyl adjacent to an activating group) is 1. The fourth-order valence-corrected chi connectivity index (χ4v) is 5.89. The summed E-state index contributed by atoms with van der Waals surface area (Å²) in [6.45, 7) is 10.1. The number of amides is 1. The molecule has 2 unspecified atom stereocenters. The Balaban J connectivity index is 1.08. The first-order valence-corrected chi connectivity index (χ1v) is 12.1. The van der Waals surface area contributed by atoms with E-state index in [1.807, 2.05) is 6.07 Å². The lowest BCUT2D eigenvalue weighted by atomic mass is 9.89. The normalized spacial score (nSPS) is 26.6. The van der Waals surface area contributed by atoms with Gasteiger partial charge in [0.25, 0.3) is 0 Å². The molecule has 1 saturated carbocycles. The maximum Gasteiger partial charge on any atom is 0.231 e. The van der Waals surface area contributed by atoms with Crippen molar-refractivity contribution in [2.75, 3.05) is 59.7 Å². The van der Waals surface area contributed by atoms with E-state index in [2.05, 4.69) is 40.8 Å². The summed E-state index contributed by atoms with van der Waals surface area (Å²) >= 11 is 0. The molecule has 3 heterocycles. The van der Waals surface area contributed by atoms with Crippen molar-refractivity contribution < 1.29 is 14.3 Å². The van der Waals surface area contributed by atoms with Gasteiger partial charge in [0, 0.05) is 32.1 Å². The lowest BCUT2D eigenvalue weighted by Crippen LogP contribution is -2.41. The van der Waals surface area contributed by atoms with Crippen LogP contribution < -0.4 is 9.47 Å². The third kappa shape index (κ3) is 4.56. The number of fused-ring (bicyclic) bond motifs is 1. The van der Waals surface area contributed by atoms with Gasteiger partial charge in [0.05, 0.1) is 0 Å². The summed E-state index contributed by atoms with van der Waals surface area (Å²) in [7, 11) is 2.16. The van der Waals surface area contributed by atoms with Gasteiger partial charge in [-0.1, -0.05) is 13.0 Å². The van der Waals surface area contributed by atoms with Crippen LogP contribution >= 0.6 is 0 Å². The van der Waals surface area contributed by atoms with E-state index in [-0.39, 0.29) is 0 Å². The molecule has 0 aromatic heterocycles. The Morgan fingerprint density at radius 2 is 1.90 bits per heavy atom. The van der Waals surface area contributed by atoms with Crippen molar-refractivity contribution in [2.24, 2.45) is 17.3 Å². The van der Waals surface area contributed by atoms with Crippen molar-refractivity contribution in [1.82, 2.24) is 14.7 Å². The molecular formula is C25H37N3O3. The molecule has 3 aliphatic heterocycles. The molecule has 2 saturated heterocycles. The van der Waals surface area contributed by atoms with E-state index in [4.69, 9.17) is 9.47 Å². The molecule has 1 aromatic rings. The summed E-state index contributed by atoms with van der Waals surface area (Å²) in [5.74, 6) is 3.08. The van der Waals surface area contributed by atoms with E-state index in [1.165, 1.54) is 18.4 Å². The van der Waals surface area contributed by atoms with Crippen molar-refractivity contribution in [2.45, 2.75) is 39.0 Å². The lowest BCUT2D eigenvalue weighted by Gasteiger charge is -2.35. The fourth-order valence-electron chi connectivity index (χ4n) is 5.89. The highest BCUT2D eigenvalue weighted by molar-refractivity contribution is 5.82. The van der Waals surface area contributed by atoms with Gasteiger partial charge in [0.2, 0.25) is 12.7 Å². The van der Waals surface area contributed by atoms with Gasteiger partial charge in [-0.25, -0.2) is 0 Å². The van der Waals surface area contributed by atoms with Gasteiger partial charge in [0.15, 0.2) is 11.5 Å². The molecule has 0 radical (unpaired) electrons. The van der Waals surface area contributed by atoms with Crippen LogP contribution in [0, 0.1) is 17.3 Å². The van der Waals surface area contributed by atoms with Crippen molar-refractivity contribution in [1.29, 1.82) is 0 Å². The zero-order valence-corrected chi connectivity index (χ0v) is 19.1. The zero-order valence-electron chi connectivity index (χ0n) is 19.1. The van der Waals surface area contributed by atoms with Crippen LogP contribution in [0.4, 0.5) is 0 Å². The summed E-state index contributed by atoms with van der Waals surface area (Å²) < 4.78 is 10.9. The number of likely N-dealkylation sites (tertiary alicyclic amines) is 1. The number of nitrogens with zero attached hydrogens (tertiary/aromatic N) is 3. The number of hydrogen-bond acceptors (Lipinski definition) is 5. The maximum atomic E-state index is 13.1. The Morgan fingerprint density at radius 3 is 2.74 bits per heavy atom. The molecule has 0 N–H and O–H groups in total. The largest absolute Gasteiger partial charge is 0.454 e. The summed E-state index contributed by atoms with van der Waals surface area (Å²) in [5, 5.41) is 0. The molecule has 1 aliphatic carbocycles. The minimum Gasteiger partial charge on any atom is -0.454 e. The molecular weight excluding hydrogens is 390 g/mol. The molecule has 170 valence electrons. The van der Waals surface area contributed by atoms with Crippen LogP contribution in [0.25, 0.3) is 0 Å². The number of hydrogen-bond donors (Lipinski definition) is 0. The highest BCUT2D eigenvalue weighted by Gasteiger charge is 2.59. The van der Waals surface area contributed by atoms with Gasteiger partial charge in [-0.15, -0.1) is 0 Å². The van der Waals surface area contributed by atoms with Gasteiger partial charge in [-0.05, 0) is 87.8 Å². The highest BCUT2D eigenvalue weighted by Crippen LogP contribution is 2.60. The summed E-state index contributed by atoms with van der Waals surface area (Å²) in [6.07, 6.45) is 5.67. The third-order valence-corrected chi connectivity index (χ3v) is 7.96. The van der Waals surface area contributed by atoms with Crippen LogP contribution in [0.1, 0.15) is 38.2 Å². The molecule has 5 rings (SSSR count). The summed E-state index contributed by atoms with van der Waals surface area (Å²) in [5.41, 5.74) is 1.63. The van der Waals surface area contributed by atoms with Gasteiger partial charge in [-0.2, -0.15) is 0 Å². The molecule has 6 nitrogen and oxygen atoms in total. The van der Waals surface area contributed by atoms with E-state index < -0.39 is 0 Å². The SMILES string of the molecule is CC(Cc1ccc2c(c1)OCO2)CN1CCC2(CC1)CC2C(=O)N1CCCN(C)CC1. The number of carbonyl (C=O) groups is 1. The first kappa shape index (κ1) is 21.1. The maximum absolute atomic E-state index is 13.1. The lowest BCUT2D eigenvalue weighted by molar-refractivity contribution is -0.133. The number of benzene rings is 1. The van der Waals surface area contributed by atoms with Gasteiger partial charge >= 0.3 is 0 Å². The molecule has 1 spiro atoms. The fraction of sp³-hybridized carbons (Fsp3) is 0.720. The van der Waals surface area contributed by atoms with Crippen LogP contribution in [0.2, 0.25) is 0 Å². The highest BCUT2D eigenvalue weighted by atomic mass is 16.7. The Kier molecular flexibility index (Phi) is 5.86. The van der Waals surface area contributed by atoms with Gasteiger partial charge in [0.1, 0.15) is 0 Å². The van der Waals surface area contributed by atoms with Crippen molar-refractivity contribution in [3.63, 3.8) is 0 Å². The smallest absolute Gasteiger partial charge is 0.231 e. The molecule has 0 bridgehead atoms. The standard InChI is InChI=1S/C25H37N3O3/c1-19(14-20-4-5-22-23(15-20)31-18-30-22)17-27-10-6-25(7-11-27)16-21(25)24(29)28-9-3-8-26(2)12-13-28/h4-5,15,19,21H,3,6-14,16-18H2,1-2H3. The second kappa shape index (κ2) is 8.62. The summed E-state index contributed by atoms with van der Waals surface area (Å²) in [6, 6.07) is 6.32. The Hall–Kier alpha value is -1.79. The molecule has 1 amide bonds. The Bertz CT molecular complexity index is 805. The molecule has 6 heteroatoms. The topological polar surface area (TPSA) is 45.3 Å². The van der Waals surface area contributed by atoms with Crippen LogP contribution in [-0.2, 0) is 11.2 Å². The molecule has 31 heavy (non-hydrogen) atoms. The minimum absolute atomic E-state index is 0.295. The average Bonchev–Trinajstić information content (AvgIpc) is 3.33. The van der Waals surface area contributed by atoms with Crippen LogP contribution in [0.3, 0.4) is 0 Å². The van der Waals surface area contributed by atoms with Crippen molar-refractivity contribution in [3.05, 3.63) is 23.8 Å². The van der Waals surface area contributed by atoms with Crippen molar-refractivity contribution in [3.8, 4) is 11.5 Å². The predicted molar refractivity (Wildman–Crippen MR) is 120 cm³/mol. The van der Waals surface area contributed by atoms with E-state index in [1.54, 1.807) is 0 Å². The molecule has 3 fully saturated rings. The number of rotatable bonds is 5. The first-order chi connectivity index (χ1) is 15.0. The number of piperidine rings is 1. The first-order valence-electron chi connectivity index (χ1n) is 12.1. The minimum atomic E-state index is 0.295. The number of ether oxygens (including phenoxy) is 2. The van der Waals surface area contributed by atoms with Gasteiger partial charge in [-0.3, -0.25) is 4.79 Å². The Morgan fingerprint density at radius 1 is 1.10 bits per heavy atom. The van der Waals surface area contributed by atoms with E-state index >= 15 is 0 Å². The van der Waals surface area contributed by atoms with E-state index in [0.29, 0.717) is 30.0 Å². The molecule has 1 aromatic carbocycles. The van der Waals surface area contributed by atoms with E-state index in [0.717, 1.165) is 76.6 Å². The Labute approximate surface area is 186 Å². The quantitative estimate of drug-likeness (QED) is 0.723. The average molecular weight is 428 g/mol. The summed E-state index contributed by atoms with van der Waals surface area (Å²) in [4.78, 5) is 20.2.